The van der Waals surface area contributed by atoms with Crippen LogP contribution < -0.4 is 0 Å². The van der Waals surface area contributed by atoms with Gasteiger partial charge in [-0.3, -0.25) is 0 Å². The van der Waals surface area contributed by atoms with Gasteiger partial charge in [0.25, 0.3) is 0 Å². The van der Waals surface area contributed by atoms with E-state index in [4.69, 9.17) is 0 Å². The van der Waals surface area contributed by atoms with E-state index in [2.05, 4.69) is 26.2 Å². The molecule has 1 nitrogen and oxygen atoms in total. The van der Waals surface area contributed by atoms with E-state index < -0.39 is 0 Å². The van der Waals surface area contributed by atoms with Crippen molar-refractivity contribution >= 4 is 5.78 Å². The van der Waals surface area contributed by atoms with Crippen molar-refractivity contribution in [3.63, 3.8) is 0 Å². The van der Waals surface area contributed by atoms with Crippen LogP contribution in [0.2, 0.25) is 0 Å². The lowest BCUT2D eigenvalue weighted by Crippen LogP contribution is -1.89. The predicted octanol–water partition coefficient (Wildman–Crippen LogP) is 3.82. The normalized spacial score (nSPS) is 11.1. The van der Waals surface area contributed by atoms with Crippen molar-refractivity contribution in [2.45, 2.75) is 39.5 Å². The molecule has 0 rings (SSSR count). The van der Waals surface area contributed by atoms with E-state index in [9.17, 15) is 4.79 Å². The smallest absolute Gasteiger partial charge is 0.130 e. The van der Waals surface area contributed by atoms with E-state index >= 15 is 0 Å². The van der Waals surface area contributed by atoms with Crippen LogP contribution in [0.3, 0.4) is 0 Å². The maximum Gasteiger partial charge on any atom is 0.130 e. The van der Waals surface area contributed by atoms with Crippen molar-refractivity contribution in [1.29, 1.82) is 0 Å². The maximum absolute atomic E-state index is 10.7. The molecule has 0 heterocycles. The second-order valence-electron chi connectivity index (χ2n) is 3.65. The standard InChI is InChI=1S/C13H20O/c1-5-11(2)7-6-8-12(3)9-10-13(4)14/h5,8H,1-2,6-7,9-10H2,3-4H3. The van der Waals surface area contributed by atoms with Crippen LogP contribution >= 0.6 is 0 Å². The summed E-state index contributed by atoms with van der Waals surface area (Å²) in [4.78, 5) is 10.7. The molecule has 0 aromatic heterocycles. The first-order valence-electron chi connectivity index (χ1n) is 5.01. The molecule has 0 aromatic carbocycles. The Bertz CT molecular complexity index is 246. The highest BCUT2D eigenvalue weighted by Gasteiger charge is 1.94. The van der Waals surface area contributed by atoms with Gasteiger partial charge < -0.3 is 4.79 Å². The molecule has 0 atom stereocenters. The Morgan fingerprint density at radius 2 is 1.86 bits per heavy atom. The molecular formula is C13H20O. The summed E-state index contributed by atoms with van der Waals surface area (Å²) in [6.45, 7) is 11.2. The van der Waals surface area contributed by atoms with Gasteiger partial charge >= 0.3 is 0 Å². The molecule has 0 amide bonds. The SMILES string of the molecule is C=CC(=C)CCC=C(C)CCC(C)=O. The van der Waals surface area contributed by atoms with E-state index in [1.54, 1.807) is 13.0 Å². The number of hydrogen-bond donors (Lipinski definition) is 0. The lowest BCUT2D eigenvalue weighted by molar-refractivity contribution is -0.116. The number of rotatable bonds is 7. The number of ketones is 1. The molecule has 0 fully saturated rings. The minimum Gasteiger partial charge on any atom is -0.300 e. The number of hydrogen-bond acceptors (Lipinski definition) is 1. The minimum absolute atomic E-state index is 0.258. The van der Waals surface area contributed by atoms with Gasteiger partial charge in [0.1, 0.15) is 5.78 Å². The molecule has 0 spiro atoms. The van der Waals surface area contributed by atoms with E-state index in [0.717, 1.165) is 24.8 Å². The number of carbonyl (C=O) groups is 1. The summed E-state index contributed by atoms with van der Waals surface area (Å²) in [5.41, 5.74) is 2.36. The van der Waals surface area contributed by atoms with Crippen molar-refractivity contribution in [3.05, 3.63) is 36.5 Å². The molecule has 0 aliphatic heterocycles. The van der Waals surface area contributed by atoms with Gasteiger partial charge in [-0.15, -0.1) is 0 Å². The van der Waals surface area contributed by atoms with Gasteiger partial charge in [0.2, 0.25) is 0 Å². The molecule has 78 valence electrons. The van der Waals surface area contributed by atoms with E-state index in [-0.39, 0.29) is 5.78 Å². The molecule has 14 heavy (non-hydrogen) atoms. The highest BCUT2D eigenvalue weighted by atomic mass is 16.1. The van der Waals surface area contributed by atoms with Crippen LogP contribution in [0.4, 0.5) is 0 Å². The fourth-order valence-corrected chi connectivity index (χ4v) is 1.08. The first-order valence-corrected chi connectivity index (χ1v) is 5.01. The Morgan fingerprint density at radius 1 is 1.21 bits per heavy atom. The lowest BCUT2D eigenvalue weighted by Gasteiger charge is -1.99. The fourth-order valence-electron chi connectivity index (χ4n) is 1.08. The maximum atomic E-state index is 10.7. The summed E-state index contributed by atoms with van der Waals surface area (Å²) >= 11 is 0. The minimum atomic E-state index is 0.258. The summed E-state index contributed by atoms with van der Waals surface area (Å²) in [7, 11) is 0. The second kappa shape index (κ2) is 7.31. The average molecular weight is 192 g/mol. The summed E-state index contributed by atoms with van der Waals surface area (Å²) in [5, 5.41) is 0. The topological polar surface area (TPSA) is 17.1 Å². The van der Waals surface area contributed by atoms with Crippen LogP contribution in [0.5, 0.6) is 0 Å². The molecule has 0 bridgehead atoms. The van der Waals surface area contributed by atoms with Gasteiger partial charge in [-0.05, 0) is 33.1 Å². The van der Waals surface area contributed by atoms with Crippen LogP contribution in [0.1, 0.15) is 39.5 Å². The first-order chi connectivity index (χ1) is 6.56. The third-order valence-corrected chi connectivity index (χ3v) is 2.12. The average Bonchev–Trinajstić information content (AvgIpc) is 2.14. The van der Waals surface area contributed by atoms with Gasteiger partial charge in [-0.2, -0.15) is 0 Å². The zero-order valence-corrected chi connectivity index (χ0v) is 9.31. The molecular weight excluding hydrogens is 172 g/mol. The largest absolute Gasteiger partial charge is 0.300 e. The molecule has 0 saturated heterocycles. The zero-order chi connectivity index (χ0) is 11.0. The van der Waals surface area contributed by atoms with E-state index in [0.29, 0.717) is 6.42 Å². The molecule has 0 unspecified atom stereocenters. The third kappa shape index (κ3) is 7.53. The quantitative estimate of drug-likeness (QED) is 0.442. The number of carbonyl (C=O) groups excluding carboxylic acids is 1. The Morgan fingerprint density at radius 3 is 2.36 bits per heavy atom. The highest BCUT2D eigenvalue weighted by Crippen LogP contribution is 2.09. The van der Waals surface area contributed by atoms with Gasteiger partial charge in [-0.1, -0.05) is 36.5 Å². The van der Waals surface area contributed by atoms with Gasteiger partial charge in [0, 0.05) is 6.42 Å². The molecule has 1 heteroatoms. The van der Waals surface area contributed by atoms with Crippen LogP contribution in [0.25, 0.3) is 0 Å². The lowest BCUT2D eigenvalue weighted by atomic mass is 10.1. The van der Waals surface area contributed by atoms with Crippen molar-refractivity contribution in [1.82, 2.24) is 0 Å². The van der Waals surface area contributed by atoms with Crippen molar-refractivity contribution in [3.8, 4) is 0 Å². The van der Waals surface area contributed by atoms with E-state index in [1.165, 1.54) is 5.57 Å². The third-order valence-electron chi connectivity index (χ3n) is 2.12. The van der Waals surface area contributed by atoms with Gasteiger partial charge in [0.15, 0.2) is 0 Å². The van der Waals surface area contributed by atoms with Gasteiger partial charge in [0.05, 0.1) is 0 Å². The summed E-state index contributed by atoms with van der Waals surface area (Å²) in [6.07, 6.45) is 7.46. The second-order valence-corrected chi connectivity index (χ2v) is 3.65. The van der Waals surface area contributed by atoms with Crippen molar-refractivity contribution in [2.75, 3.05) is 0 Å². The Hall–Kier alpha value is -1.11. The number of allylic oxidation sites excluding steroid dienone is 4. The summed E-state index contributed by atoms with van der Waals surface area (Å²) in [6, 6.07) is 0. The Balaban J connectivity index is 3.71. The van der Waals surface area contributed by atoms with Crippen molar-refractivity contribution < 1.29 is 4.79 Å². The molecule has 0 radical (unpaired) electrons. The number of Topliss-reactive ketones (excluding diaryl/α,β-unsaturated/α-hetero) is 1. The molecule has 0 saturated carbocycles. The van der Waals surface area contributed by atoms with E-state index in [1.807, 2.05) is 0 Å². The molecule has 0 aromatic rings. The van der Waals surface area contributed by atoms with Crippen LogP contribution in [-0.4, -0.2) is 5.78 Å². The first kappa shape index (κ1) is 12.9. The molecule has 0 aliphatic carbocycles. The Labute approximate surface area is 87.2 Å². The molecule has 0 N–H and O–H groups in total. The fraction of sp³-hybridized carbons (Fsp3) is 0.462. The molecule has 0 aliphatic rings. The summed E-state index contributed by atoms with van der Waals surface area (Å²) in [5.74, 6) is 0.258. The van der Waals surface area contributed by atoms with Crippen LogP contribution in [-0.2, 0) is 4.79 Å². The van der Waals surface area contributed by atoms with Crippen molar-refractivity contribution in [2.24, 2.45) is 0 Å². The zero-order valence-electron chi connectivity index (χ0n) is 9.31. The van der Waals surface area contributed by atoms with Crippen LogP contribution in [0.15, 0.2) is 36.5 Å². The monoisotopic (exact) mass is 192 g/mol. The Kier molecular flexibility index (Phi) is 6.73. The highest BCUT2D eigenvalue weighted by molar-refractivity contribution is 5.75. The summed E-state index contributed by atoms with van der Waals surface area (Å²) < 4.78 is 0. The van der Waals surface area contributed by atoms with Crippen LogP contribution in [0, 0.1) is 0 Å². The van der Waals surface area contributed by atoms with Gasteiger partial charge in [-0.25, -0.2) is 0 Å². The predicted molar refractivity (Wildman–Crippen MR) is 62.2 cm³/mol.